The van der Waals surface area contributed by atoms with Crippen LogP contribution >= 0.6 is 15.9 Å². The number of amides is 1. The molecule has 0 radical (unpaired) electrons. The minimum atomic E-state index is -1.24. The van der Waals surface area contributed by atoms with Crippen molar-refractivity contribution >= 4 is 27.8 Å². The Morgan fingerprint density at radius 3 is 2.53 bits per heavy atom. The molecule has 1 heterocycles. The van der Waals surface area contributed by atoms with Gasteiger partial charge in [-0.3, -0.25) is 4.79 Å². The third kappa shape index (κ3) is 2.88. The Kier molecular flexibility index (Phi) is 3.98. The smallest absolute Gasteiger partial charge is 0.329 e. The Hall–Kier alpha value is -1.30. The number of hydrogen-bond donors (Lipinski definition) is 2. The average Bonchev–Trinajstić information content (AvgIpc) is 2.57. The van der Waals surface area contributed by atoms with Crippen molar-refractivity contribution in [2.75, 3.05) is 0 Å². The quantitative estimate of drug-likeness (QED) is 0.890. The molecule has 0 spiro atoms. The molecule has 0 bridgehead atoms. The number of nitrogens with zero attached hydrogens (tertiary/aromatic N) is 1. The number of hydrogen-bond acceptors (Lipinski definition) is 2. The Morgan fingerprint density at radius 1 is 1.59 bits per heavy atom. The Bertz CT molecular complexity index is 456. The van der Waals surface area contributed by atoms with Gasteiger partial charge in [0.15, 0.2) is 0 Å². The summed E-state index contributed by atoms with van der Waals surface area (Å²) in [4.78, 5) is 23.0. The Balaban J connectivity index is 2.93. The predicted molar refractivity (Wildman–Crippen MR) is 66.9 cm³/mol. The predicted octanol–water partition coefficient (Wildman–Crippen LogP) is 1.77. The van der Waals surface area contributed by atoms with E-state index in [4.69, 9.17) is 5.11 Å². The van der Waals surface area contributed by atoms with Gasteiger partial charge in [0.25, 0.3) is 5.91 Å². The highest BCUT2D eigenvalue weighted by Gasteiger charge is 2.33. The first kappa shape index (κ1) is 13.8. The highest BCUT2D eigenvalue weighted by Crippen LogP contribution is 2.16. The number of aliphatic carboxylic acids is 1. The summed E-state index contributed by atoms with van der Waals surface area (Å²) >= 11 is 3.26. The molecule has 0 saturated carbocycles. The minimum Gasteiger partial charge on any atom is -0.480 e. The second-order valence-electron chi connectivity index (χ2n) is 4.10. The van der Waals surface area contributed by atoms with Gasteiger partial charge in [-0.25, -0.2) is 4.79 Å². The average molecular weight is 303 g/mol. The molecule has 2 N–H and O–H groups in total. The van der Waals surface area contributed by atoms with Crippen LogP contribution in [0.5, 0.6) is 0 Å². The van der Waals surface area contributed by atoms with E-state index in [-0.39, 0.29) is 0 Å². The fourth-order valence-electron chi connectivity index (χ4n) is 1.36. The minimum absolute atomic E-state index is 0.319. The lowest BCUT2D eigenvalue weighted by Gasteiger charge is -2.24. The number of carboxylic acid groups (broad SMARTS) is 1. The van der Waals surface area contributed by atoms with Crippen molar-refractivity contribution in [3.05, 3.63) is 22.4 Å². The maximum Gasteiger partial charge on any atom is 0.329 e. The largest absolute Gasteiger partial charge is 0.480 e. The standard InChI is InChI=1S/C11H15BrN2O3/c1-4-11(2,10(16)17)13-9(15)8-5-7(12)6-14(8)3/h5-6H,4H2,1-3H3,(H,13,15)(H,16,17)/t11-/m1/s1. The lowest BCUT2D eigenvalue weighted by Crippen LogP contribution is -2.52. The Labute approximate surface area is 108 Å². The van der Waals surface area contributed by atoms with Gasteiger partial charge in [0, 0.05) is 17.7 Å². The maximum absolute atomic E-state index is 11.9. The van der Waals surface area contributed by atoms with Gasteiger partial charge < -0.3 is 15.0 Å². The number of aromatic nitrogens is 1. The van der Waals surface area contributed by atoms with E-state index in [2.05, 4.69) is 21.2 Å². The molecule has 1 amide bonds. The van der Waals surface area contributed by atoms with E-state index in [1.54, 1.807) is 30.8 Å². The van der Waals surface area contributed by atoms with E-state index in [9.17, 15) is 9.59 Å². The molecule has 0 aliphatic carbocycles. The van der Waals surface area contributed by atoms with Crippen LogP contribution in [0.4, 0.5) is 0 Å². The molecule has 1 rings (SSSR count). The number of carbonyl (C=O) groups is 2. The molecular weight excluding hydrogens is 288 g/mol. The first-order chi connectivity index (χ1) is 7.80. The van der Waals surface area contributed by atoms with E-state index < -0.39 is 17.4 Å². The molecule has 0 aliphatic heterocycles. The van der Waals surface area contributed by atoms with Gasteiger partial charge in [0.2, 0.25) is 0 Å². The summed E-state index contributed by atoms with van der Waals surface area (Å²) in [6.07, 6.45) is 2.05. The van der Waals surface area contributed by atoms with Gasteiger partial charge >= 0.3 is 5.97 Å². The zero-order chi connectivity index (χ0) is 13.2. The number of carbonyl (C=O) groups excluding carboxylic acids is 1. The highest BCUT2D eigenvalue weighted by molar-refractivity contribution is 9.10. The van der Waals surface area contributed by atoms with Crippen molar-refractivity contribution in [3.63, 3.8) is 0 Å². The summed E-state index contributed by atoms with van der Waals surface area (Å²) in [5, 5.41) is 11.6. The number of nitrogens with one attached hydrogen (secondary N) is 1. The summed E-state index contributed by atoms with van der Waals surface area (Å²) < 4.78 is 2.41. The second kappa shape index (κ2) is 4.91. The molecular formula is C11H15BrN2O3. The van der Waals surface area contributed by atoms with Crippen molar-refractivity contribution in [1.29, 1.82) is 0 Å². The summed E-state index contributed by atoms with van der Waals surface area (Å²) in [6, 6.07) is 1.65. The molecule has 0 unspecified atom stereocenters. The summed E-state index contributed by atoms with van der Waals surface area (Å²) in [6.45, 7) is 3.21. The number of halogens is 1. The number of rotatable bonds is 4. The molecule has 1 atom stereocenters. The van der Waals surface area contributed by atoms with E-state index in [1.807, 2.05) is 0 Å². The van der Waals surface area contributed by atoms with E-state index in [0.717, 1.165) is 4.47 Å². The summed E-state index contributed by atoms with van der Waals surface area (Å²) in [7, 11) is 1.73. The number of carboxylic acids is 1. The van der Waals surface area contributed by atoms with Crippen molar-refractivity contribution in [2.24, 2.45) is 7.05 Å². The molecule has 6 heteroatoms. The van der Waals surface area contributed by atoms with Crippen LogP contribution in [0, 0.1) is 0 Å². The SMILES string of the molecule is CC[C@@](C)(NC(=O)c1cc(Br)cn1C)C(=O)O. The molecule has 1 aromatic heterocycles. The van der Waals surface area contributed by atoms with Crippen LogP contribution in [0.2, 0.25) is 0 Å². The second-order valence-corrected chi connectivity index (χ2v) is 5.02. The normalized spacial score (nSPS) is 14.1. The van der Waals surface area contributed by atoms with Gasteiger partial charge in [0.1, 0.15) is 11.2 Å². The maximum atomic E-state index is 11.9. The van der Waals surface area contributed by atoms with Gasteiger partial charge in [-0.05, 0) is 35.3 Å². The lowest BCUT2D eigenvalue weighted by molar-refractivity contribution is -0.143. The van der Waals surface area contributed by atoms with Crippen molar-refractivity contribution in [2.45, 2.75) is 25.8 Å². The van der Waals surface area contributed by atoms with Crippen LogP contribution in [-0.2, 0) is 11.8 Å². The van der Waals surface area contributed by atoms with Gasteiger partial charge in [-0.2, -0.15) is 0 Å². The first-order valence-electron chi connectivity index (χ1n) is 5.18. The van der Waals surface area contributed by atoms with E-state index in [1.165, 1.54) is 6.92 Å². The van der Waals surface area contributed by atoms with Crippen LogP contribution in [0.1, 0.15) is 30.8 Å². The van der Waals surface area contributed by atoms with Gasteiger partial charge in [0.05, 0.1) is 0 Å². The van der Waals surface area contributed by atoms with Crippen molar-refractivity contribution in [1.82, 2.24) is 9.88 Å². The third-order valence-electron chi connectivity index (χ3n) is 2.77. The molecule has 0 fully saturated rings. The van der Waals surface area contributed by atoms with Gasteiger partial charge in [-0.15, -0.1) is 0 Å². The zero-order valence-corrected chi connectivity index (χ0v) is 11.5. The van der Waals surface area contributed by atoms with Crippen LogP contribution in [0.15, 0.2) is 16.7 Å². The monoisotopic (exact) mass is 302 g/mol. The molecule has 1 aromatic rings. The molecule has 0 aromatic carbocycles. The van der Waals surface area contributed by atoms with Crippen molar-refractivity contribution in [3.8, 4) is 0 Å². The third-order valence-corrected chi connectivity index (χ3v) is 3.21. The van der Waals surface area contributed by atoms with E-state index in [0.29, 0.717) is 12.1 Å². The fraction of sp³-hybridized carbons (Fsp3) is 0.455. The summed E-state index contributed by atoms with van der Waals surface area (Å²) in [5.41, 5.74) is -0.828. The topological polar surface area (TPSA) is 71.3 Å². The highest BCUT2D eigenvalue weighted by atomic mass is 79.9. The molecule has 94 valence electrons. The molecule has 0 aliphatic rings. The van der Waals surface area contributed by atoms with Crippen molar-refractivity contribution < 1.29 is 14.7 Å². The Morgan fingerprint density at radius 2 is 2.18 bits per heavy atom. The van der Waals surface area contributed by atoms with Crippen LogP contribution < -0.4 is 5.32 Å². The van der Waals surface area contributed by atoms with Crippen LogP contribution in [0.3, 0.4) is 0 Å². The van der Waals surface area contributed by atoms with Crippen LogP contribution in [-0.4, -0.2) is 27.1 Å². The summed E-state index contributed by atoms with van der Waals surface area (Å²) in [5.74, 6) is -1.44. The number of aryl methyl sites for hydroxylation is 1. The fourth-order valence-corrected chi connectivity index (χ4v) is 1.88. The molecule has 17 heavy (non-hydrogen) atoms. The molecule has 5 nitrogen and oxygen atoms in total. The lowest BCUT2D eigenvalue weighted by atomic mass is 9.99. The molecule has 0 saturated heterocycles. The van der Waals surface area contributed by atoms with Gasteiger partial charge in [-0.1, -0.05) is 6.92 Å². The zero-order valence-electron chi connectivity index (χ0n) is 9.95. The van der Waals surface area contributed by atoms with E-state index >= 15 is 0 Å². The van der Waals surface area contributed by atoms with Crippen LogP contribution in [0.25, 0.3) is 0 Å². The first-order valence-corrected chi connectivity index (χ1v) is 5.97.